The molecule has 25 heavy (non-hydrogen) atoms. The lowest BCUT2D eigenvalue weighted by Crippen LogP contribution is -2.47. The molecule has 1 unspecified atom stereocenters. The Bertz CT molecular complexity index is 787. The normalized spacial score (nSPS) is 15.6. The fourth-order valence-corrected chi connectivity index (χ4v) is 2.84. The number of aryl methyl sites for hydroxylation is 1. The second-order valence-corrected chi connectivity index (χ2v) is 6.09. The Hall–Kier alpha value is -3.02. The molecule has 2 aromatic rings. The van der Waals surface area contributed by atoms with Crippen LogP contribution in [0.3, 0.4) is 0 Å². The standard InChI is InChI=1S/C19H20N2O4/c1-12-3-2-4-17-16(12)9-15(11-25-17)21-19(24)20-10-13-5-7-14(8-6-13)18(22)23/h2-8,15H,9-11H2,1H3,(H,22,23)(H2,20,21,24). The maximum atomic E-state index is 12.1. The van der Waals surface area contributed by atoms with Gasteiger partial charge < -0.3 is 20.5 Å². The van der Waals surface area contributed by atoms with Gasteiger partial charge in [0.25, 0.3) is 0 Å². The minimum absolute atomic E-state index is 0.0806. The number of urea groups is 1. The van der Waals surface area contributed by atoms with Gasteiger partial charge in [-0.05, 0) is 48.2 Å². The molecule has 6 heteroatoms. The smallest absolute Gasteiger partial charge is 0.335 e. The van der Waals surface area contributed by atoms with Crippen LogP contribution in [0.2, 0.25) is 0 Å². The monoisotopic (exact) mass is 340 g/mol. The summed E-state index contributed by atoms with van der Waals surface area (Å²) >= 11 is 0. The number of nitrogens with one attached hydrogen (secondary N) is 2. The summed E-state index contributed by atoms with van der Waals surface area (Å²) in [5, 5.41) is 14.6. The molecule has 1 aliphatic rings. The van der Waals surface area contributed by atoms with Crippen molar-refractivity contribution in [1.29, 1.82) is 0 Å². The van der Waals surface area contributed by atoms with Crippen LogP contribution in [-0.2, 0) is 13.0 Å². The highest BCUT2D eigenvalue weighted by atomic mass is 16.5. The molecule has 1 heterocycles. The number of ether oxygens (including phenoxy) is 1. The summed E-state index contributed by atoms with van der Waals surface area (Å²) in [7, 11) is 0. The molecule has 0 saturated carbocycles. The molecule has 130 valence electrons. The van der Waals surface area contributed by atoms with Crippen molar-refractivity contribution in [2.75, 3.05) is 6.61 Å². The van der Waals surface area contributed by atoms with E-state index in [1.165, 1.54) is 12.1 Å². The van der Waals surface area contributed by atoms with Gasteiger partial charge in [0.05, 0.1) is 11.6 Å². The van der Waals surface area contributed by atoms with Crippen molar-refractivity contribution >= 4 is 12.0 Å². The van der Waals surface area contributed by atoms with Gasteiger partial charge in [-0.3, -0.25) is 0 Å². The molecule has 0 aliphatic carbocycles. The first kappa shape index (κ1) is 16.8. The van der Waals surface area contributed by atoms with E-state index in [1.807, 2.05) is 25.1 Å². The molecular formula is C19H20N2O4. The van der Waals surface area contributed by atoms with Gasteiger partial charge >= 0.3 is 12.0 Å². The van der Waals surface area contributed by atoms with Crippen LogP contribution in [0.25, 0.3) is 0 Å². The number of aromatic carboxylic acids is 1. The zero-order valence-electron chi connectivity index (χ0n) is 13.9. The van der Waals surface area contributed by atoms with E-state index >= 15 is 0 Å². The van der Waals surface area contributed by atoms with Crippen molar-refractivity contribution in [3.8, 4) is 5.75 Å². The number of fused-ring (bicyclic) bond motifs is 1. The lowest BCUT2D eigenvalue weighted by molar-refractivity contribution is 0.0697. The van der Waals surface area contributed by atoms with Gasteiger partial charge in [0.2, 0.25) is 0 Å². The van der Waals surface area contributed by atoms with Crippen LogP contribution in [0, 0.1) is 6.92 Å². The molecule has 1 atom stereocenters. The second-order valence-electron chi connectivity index (χ2n) is 6.09. The average Bonchev–Trinajstić information content (AvgIpc) is 2.61. The summed E-state index contributed by atoms with van der Waals surface area (Å²) in [6, 6.07) is 12.0. The summed E-state index contributed by atoms with van der Waals surface area (Å²) < 4.78 is 5.72. The molecule has 0 fully saturated rings. The van der Waals surface area contributed by atoms with Gasteiger partial charge in [-0.25, -0.2) is 9.59 Å². The first-order chi connectivity index (χ1) is 12.0. The van der Waals surface area contributed by atoms with Crippen LogP contribution < -0.4 is 15.4 Å². The number of hydrogen-bond donors (Lipinski definition) is 3. The zero-order chi connectivity index (χ0) is 17.8. The topological polar surface area (TPSA) is 87.7 Å². The largest absolute Gasteiger partial charge is 0.491 e. The quantitative estimate of drug-likeness (QED) is 0.798. The van der Waals surface area contributed by atoms with Gasteiger partial charge in [-0.15, -0.1) is 0 Å². The maximum Gasteiger partial charge on any atom is 0.335 e. The average molecular weight is 340 g/mol. The third-order valence-corrected chi connectivity index (χ3v) is 4.25. The number of carboxylic acids is 1. The molecule has 3 rings (SSSR count). The van der Waals surface area contributed by atoms with Crippen molar-refractivity contribution in [2.45, 2.75) is 25.9 Å². The predicted molar refractivity (Wildman–Crippen MR) is 92.9 cm³/mol. The molecule has 0 bridgehead atoms. The minimum atomic E-state index is -0.967. The van der Waals surface area contributed by atoms with Crippen molar-refractivity contribution < 1.29 is 19.4 Å². The fourth-order valence-electron chi connectivity index (χ4n) is 2.84. The third-order valence-electron chi connectivity index (χ3n) is 4.25. The van der Waals surface area contributed by atoms with Crippen molar-refractivity contribution in [3.05, 3.63) is 64.7 Å². The number of rotatable bonds is 4. The first-order valence-electron chi connectivity index (χ1n) is 8.11. The number of carboxylic acid groups (broad SMARTS) is 1. The Morgan fingerprint density at radius 2 is 1.96 bits per heavy atom. The Morgan fingerprint density at radius 1 is 1.20 bits per heavy atom. The predicted octanol–water partition coefficient (Wildman–Crippen LogP) is 2.50. The summed E-state index contributed by atoms with van der Waals surface area (Å²) in [5.41, 5.74) is 3.34. The van der Waals surface area contributed by atoms with E-state index in [2.05, 4.69) is 10.6 Å². The molecule has 2 amide bonds. The van der Waals surface area contributed by atoms with E-state index in [4.69, 9.17) is 9.84 Å². The molecule has 0 spiro atoms. The van der Waals surface area contributed by atoms with E-state index in [0.717, 1.165) is 28.9 Å². The van der Waals surface area contributed by atoms with Gasteiger partial charge in [-0.1, -0.05) is 24.3 Å². The van der Waals surface area contributed by atoms with E-state index in [9.17, 15) is 9.59 Å². The SMILES string of the molecule is Cc1cccc2c1CC(NC(=O)NCc1ccc(C(=O)O)cc1)CO2. The van der Waals surface area contributed by atoms with E-state index < -0.39 is 5.97 Å². The Labute approximate surface area is 145 Å². The fraction of sp³-hybridized carbons (Fsp3) is 0.263. The van der Waals surface area contributed by atoms with Gasteiger partial charge in [0.15, 0.2) is 0 Å². The molecule has 2 aromatic carbocycles. The van der Waals surface area contributed by atoms with Crippen LogP contribution in [0.15, 0.2) is 42.5 Å². The number of amides is 2. The van der Waals surface area contributed by atoms with Crippen LogP contribution >= 0.6 is 0 Å². The summed E-state index contributed by atoms with van der Waals surface area (Å²) in [6.07, 6.45) is 0.739. The number of benzene rings is 2. The molecular weight excluding hydrogens is 320 g/mol. The maximum absolute atomic E-state index is 12.1. The molecule has 1 aliphatic heterocycles. The van der Waals surface area contributed by atoms with Crippen molar-refractivity contribution in [2.24, 2.45) is 0 Å². The van der Waals surface area contributed by atoms with Crippen LogP contribution in [-0.4, -0.2) is 29.8 Å². The summed E-state index contributed by atoms with van der Waals surface area (Å²) in [4.78, 5) is 22.9. The molecule has 0 aromatic heterocycles. The molecule has 6 nitrogen and oxygen atoms in total. The van der Waals surface area contributed by atoms with Crippen molar-refractivity contribution in [3.63, 3.8) is 0 Å². The highest BCUT2D eigenvalue weighted by Crippen LogP contribution is 2.27. The number of carbonyl (C=O) groups is 2. The number of carbonyl (C=O) groups excluding carboxylic acids is 1. The third kappa shape index (κ3) is 4.09. The second kappa shape index (κ2) is 7.25. The zero-order valence-corrected chi connectivity index (χ0v) is 13.9. The molecule has 0 saturated heterocycles. The Balaban J connectivity index is 1.51. The van der Waals surface area contributed by atoms with Crippen LogP contribution in [0.4, 0.5) is 4.79 Å². The van der Waals surface area contributed by atoms with E-state index in [0.29, 0.717) is 13.2 Å². The van der Waals surface area contributed by atoms with E-state index in [-0.39, 0.29) is 17.6 Å². The van der Waals surface area contributed by atoms with E-state index in [1.54, 1.807) is 12.1 Å². The van der Waals surface area contributed by atoms with Gasteiger partial charge in [-0.2, -0.15) is 0 Å². The Morgan fingerprint density at radius 3 is 2.68 bits per heavy atom. The Kier molecular flexibility index (Phi) is 4.88. The molecule has 0 radical (unpaired) electrons. The van der Waals surface area contributed by atoms with Crippen molar-refractivity contribution in [1.82, 2.24) is 10.6 Å². The van der Waals surface area contributed by atoms with Gasteiger partial charge in [0.1, 0.15) is 12.4 Å². The lowest BCUT2D eigenvalue weighted by atomic mass is 9.98. The summed E-state index contributed by atoms with van der Waals surface area (Å²) in [5.74, 6) is -0.0814. The van der Waals surface area contributed by atoms with Crippen LogP contribution in [0.1, 0.15) is 27.0 Å². The van der Waals surface area contributed by atoms with Crippen LogP contribution in [0.5, 0.6) is 5.75 Å². The highest BCUT2D eigenvalue weighted by Gasteiger charge is 2.22. The number of hydrogen-bond acceptors (Lipinski definition) is 3. The summed E-state index contributed by atoms with van der Waals surface area (Å²) in [6.45, 7) is 2.80. The minimum Gasteiger partial charge on any atom is -0.491 e. The highest BCUT2D eigenvalue weighted by molar-refractivity contribution is 5.87. The first-order valence-corrected chi connectivity index (χ1v) is 8.11. The molecule has 3 N–H and O–H groups in total. The van der Waals surface area contributed by atoms with Gasteiger partial charge in [0, 0.05) is 6.54 Å². The lowest BCUT2D eigenvalue weighted by Gasteiger charge is -2.27.